The topological polar surface area (TPSA) is 64.7 Å². The van der Waals surface area contributed by atoms with E-state index in [0.29, 0.717) is 23.8 Å². The van der Waals surface area contributed by atoms with E-state index in [9.17, 15) is 9.59 Å². The monoisotopic (exact) mass is 408 g/mol. The first-order valence-corrected chi connectivity index (χ1v) is 11.5. The van der Waals surface area contributed by atoms with Crippen LogP contribution >= 0.6 is 0 Å². The number of likely N-dealkylation sites (tertiary alicyclic amines) is 2. The van der Waals surface area contributed by atoms with Crippen molar-refractivity contribution >= 4 is 11.8 Å². The third-order valence-corrected chi connectivity index (χ3v) is 5.93. The van der Waals surface area contributed by atoms with Crippen LogP contribution in [0.3, 0.4) is 0 Å². The summed E-state index contributed by atoms with van der Waals surface area (Å²) >= 11 is 0. The van der Waals surface area contributed by atoms with Crippen LogP contribution in [0.25, 0.3) is 0 Å². The van der Waals surface area contributed by atoms with Crippen LogP contribution in [0.4, 0.5) is 0 Å². The van der Waals surface area contributed by atoms with Gasteiger partial charge in [0.2, 0.25) is 11.8 Å². The number of carbonyl (C=O) groups excluding carboxylic acids is 2. The Kier molecular flexibility index (Phi) is 8.53. The Morgan fingerprint density at radius 2 is 1.48 bits per heavy atom. The van der Waals surface area contributed by atoms with Gasteiger partial charge in [-0.15, -0.1) is 0 Å². The van der Waals surface area contributed by atoms with Gasteiger partial charge >= 0.3 is 0 Å². The molecule has 2 fully saturated rings. The van der Waals surface area contributed by atoms with E-state index in [4.69, 9.17) is 0 Å². The van der Waals surface area contributed by atoms with Crippen LogP contribution in [-0.2, 0) is 9.59 Å². The van der Waals surface area contributed by atoms with Crippen LogP contribution in [0, 0.1) is 17.3 Å². The summed E-state index contributed by atoms with van der Waals surface area (Å²) in [6.45, 7) is 18.9. The van der Waals surface area contributed by atoms with Crippen molar-refractivity contribution in [2.24, 2.45) is 17.3 Å². The number of hydrogen-bond donors (Lipinski definition) is 2. The molecule has 0 bridgehead atoms. The summed E-state index contributed by atoms with van der Waals surface area (Å²) in [5, 5.41) is 6.26. The maximum Gasteiger partial charge on any atom is 0.233 e. The van der Waals surface area contributed by atoms with Crippen LogP contribution in [0.5, 0.6) is 0 Å². The lowest BCUT2D eigenvalue weighted by molar-refractivity contribution is -0.138. The standard InChI is InChI=1S/C23H44N4O2/c1-22(2,3)17-26-11-9-19(10-12-26)21(29)27-13-7-18(8-14-27)15-24-20(28)16-25-23(4,5)6/h18-19,25H,7-17H2,1-6H3,(H,24,28). The number of carbonyl (C=O) groups is 2. The number of amides is 2. The van der Waals surface area contributed by atoms with E-state index in [1.807, 2.05) is 0 Å². The minimum Gasteiger partial charge on any atom is -0.355 e. The lowest BCUT2D eigenvalue weighted by Gasteiger charge is -2.38. The molecule has 2 heterocycles. The van der Waals surface area contributed by atoms with Gasteiger partial charge < -0.3 is 20.4 Å². The normalized spacial score (nSPS) is 20.7. The molecule has 29 heavy (non-hydrogen) atoms. The molecular weight excluding hydrogens is 364 g/mol. The molecule has 0 spiro atoms. The Morgan fingerprint density at radius 3 is 2.00 bits per heavy atom. The fraction of sp³-hybridized carbons (Fsp3) is 0.913. The second-order valence-corrected chi connectivity index (χ2v) is 11.3. The smallest absolute Gasteiger partial charge is 0.233 e. The van der Waals surface area contributed by atoms with E-state index in [1.165, 1.54) is 0 Å². The van der Waals surface area contributed by atoms with Gasteiger partial charge in [-0.2, -0.15) is 0 Å². The molecule has 168 valence electrons. The molecule has 0 aromatic carbocycles. The van der Waals surface area contributed by atoms with Gasteiger partial charge in [-0.1, -0.05) is 20.8 Å². The third kappa shape index (κ3) is 9.04. The number of nitrogens with zero attached hydrogens (tertiary/aromatic N) is 2. The molecule has 0 atom stereocenters. The molecule has 2 amide bonds. The molecule has 0 aliphatic carbocycles. The van der Waals surface area contributed by atoms with E-state index in [-0.39, 0.29) is 17.4 Å². The fourth-order valence-corrected chi connectivity index (χ4v) is 4.29. The molecule has 2 N–H and O–H groups in total. The first kappa shape index (κ1) is 24.1. The largest absolute Gasteiger partial charge is 0.355 e. The molecule has 2 rings (SSSR count). The van der Waals surface area contributed by atoms with Crippen molar-refractivity contribution in [2.75, 3.05) is 45.8 Å². The van der Waals surface area contributed by atoms with Crippen LogP contribution in [0.2, 0.25) is 0 Å². The Bertz CT molecular complexity index is 534. The van der Waals surface area contributed by atoms with Crippen molar-refractivity contribution in [3.8, 4) is 0 Å². The molecule has 0 radical (unpaired) electrons. The summed E-state index contributed by atoms with van der Waals surface area (Å²) in [4.78, 5) is 29.5. The molecule has 0 unspecified atom stereocenters. The van der Waals surface area contributed by atoms with E-state index in [1.54, 1.807) is 0 Å². The Balaban J connectivity index is 1.65. The van der Waals surface area contributed by atoms with Gasteiger partial charge in [0.05, 0.1) is 6.54 Å². The average Bonchev–Trinajstić information content (AvgIpc) is 2.63. The number of hydrogen-bond acceptors (Lipinski definition) is 4. The highest BCUT2D eigenvalue weighted by molar-refractivity contribution is 5.79. The Labute approximate surface area is 178 Å². The highest BCUT2D eigenvalue weighted by atomic mass is 16.2. The zero-order valence-corrected chi connectivity index (χ0v) is 19.6. The highest BCUT2D eigenvalue weighted by Crippen LogP contribution is 2.25. The summed E-state index contributed by atoms with van der Waals surface area (Å²) < 4.78 is 0. The van der Waals surface area contributed by atoms with E-state index in [2.05, 4.69) is 62.0 Å². The van der Waals surface area contributed by atoms with E-state index < -0.39 is 0 Å². The molecule has 2 aliphatic heterocycles. The van der Waals surface area contributed by atoms with Gasteiger partial charge in [0.1, 0.15) is 0 Å². The van der Waals surface area contributed by atoms with Crippen molar-refractivity contribution < 1.29 is 9.59 Å². The second-order valence-electron chi connectivity index (χ2n) is 11.3. The molecule has 0 aromatic heterocycles. The third-order valence-electron chi connectivity index (χ3n) is 5.93. The maximum atomic E-state index is 12.9. The van der Waals surface area contributed by atoms with Crippen LogP contribution in [0.1, 0.15) is 67.2 Å². The van der Waals surface area contributed by atoms with Gasteiger partial charge in [-0.25, -0.2) is 0 Å². The molecule has 0 saturated carbocycles. The number of rotatable bonds is 6. The van der Waals surface area contributed by atoms with Crippen molar-refractivity contribution in [3.05, 3.63) is 0 Å². The first-order chi connectivity index (χ1) is 13.4. The van der Waals surface area contributed by atoms with E-state index >= 15 is 0 Å². The fourth-order valence-electron chi connectivity index (χ4n) is 4.29. The Hall–Kier alpha value is -1.14. The zero-order chi connectivity index (χ0) is 21.7. The van der Waals surface area contributed by atoms with Gasteiger partial charge in [0.15, 0.2) is 0 Å². The van der Waals surface area contributed by atoms with Gasteiger partial charge in [-0.3, -0.25) is 9.59 Å². The van der Waals surface area contributed by atoms with Gasteiger partial charge in [0.25, 0.3) is 0 Å². The summed E-state index contributed by atoms with van der Waals surface area (Å²) in [5.74, 6) is 1.09. The Morgan fingerprint density at radius 1 is 0.897 bits per heavy atom. The molecular formula is C23H44N4O2. The van der Waals surface area contributed by atoms with Crippen LogP contribution in [0.15, 0.2) is 0 Å². The summed E-state index contributed by atoms with van der Waals surface area (Å²) in [7, 11) is 0. The van der Waals surface area contributed by atoms with Crippen LogP contribution < -0.4 is 10.6 Å². The highest BCUT2D eigenvalue weighted by Gasteiger charge is 2.31. The zero-order valence-electron chi connectivity index (χ0n) is 19.6. The van der Waals surface area contributed by atoms with E-state index in [0.717, 1.165) is 65.0 Å². The maximum absolute atomic E-state index is 12.9. The molecule has 2 aliphatic rings. The molecule has 6 heteroatoms. The summed E-state index contributed by atoms with van der Waals surface area (Å²) in [6, 6.07) is 0. The van der Waals surface area contributed by atoms with Gasteiger partial charge in [-0.05, 0) is 70.9 Å². The number of piperidine rings is 2. The first-order valence-electron chi connectivity index (χ1n) is 11.5. The minimum absolute atomic E-state index is 0.0497. The minimum atomic E-state index is -0.0497. The molecule has 6 nitrogen and oxygen atoms in total. The quantitative estimate of drug-likeness (QED) is 0.709. The lowest BCUT2D eigenvalue weighted by atomic mass is 9.90. The lowest BCUT2D eigenvalue weighted by Crippen LogP contribution is -2.48. The van der Waals surface area contributed by atoms with Crippen molar-refractivity contribution in [3.63, 3.8) is 0 Å². The predicted octanol–water partition coefficient (Wildman–Crippen LogP) is 2.49. The average molecular weight is 409 g/mol. The summed E-state index contributed by atoms with van der Waals surface area (Å²) in [6.07, 6.45) is 3.96. The molecule has 0 aromatic rings. The van der Waals surface area contributed by atoms with Crippen molar-refractivity contribution in [1.82, 2.24) is 20.4 Å². The SMILES string of the molecule is CC(C)(C)CN1CCC(C(=O)N2CCC(CNC(=O)CNC(C)(C)C)CC2)CC1. The number of nitrogens with one attached hydrogen (secondary N) is 2. The summed E-state index contributed by atoms with van der Waals surface area (Å²) in [5.41, 5.74) is 0.267. The van der Waals surface area contributed by atoms with Crippen molar-refractivity contribution in [1.29, 1.82) is 0 Å². The van der Waals surface area contributed by atoms with Gasteiger partial charge in [0, 0.05) is 37.6 Å². The van der Waals surface area contributed by atoms with Crippen molar-refractivity contribution in [2.45, 2.75) is 72.8 Å². The molecule has 2 saturated heterocycles. The van der Waals surface area contributed by atoms with Crippen LogP contribution in [-0.4, -0.2) is 73.0 Å². The second kappa shape index (κ2) is 10.3. The predicted molar refractivity (Wildman–Crippen MR) is 119 cm³/mol.